The maximum absolute atomic E-state index is 10.5. The summed E-state index contributed by atoms with van der Waals surface area (Å²) in [6, 6.07) is 7.71. The van der Waals surface area contributed by atoms with Gasteiger partial charge < -0.3 is 0 Å². The second kappa shape index (κ2) is 3.34. The predicted octanol–water partition coefficient (Wildman–Crippen LogP) is 2.52. The molecule has 0 atom stereocenters. The molecule has 0 N–H and O–H groups in total. The van der Waals surface area contributed by atoms with E-state index in [1.807, 2.05) is 13.8 Å². The number of nitro benzene ring substituents is 1. The lowest BCUT2D eigenvalue weighted by molar-refractivity contribution is -0.386. The van der Waals surface area contributed by atoms with Crippen LogP contribution < -0.4 is 0 Å². The standard InChI is InChI=1S/C9H10NO2/c1-7(2)8-5-3-4-6-9(8)10(11)12/h3-5,7H,1-2H3. The molecule has 0 aliphatic rings. The number of nitrogens with zero attached hydrogens (tertiary/aromatic N) is 1. The van der Waals surface area contributed by atoms with Gasteiger partial charge in [0.15, 0.2) is 0 Å². The van der Waals surface area contributed by atoms with E-state index in [0.717, 1.165) is 5.56 Å². The molecule has 0 amide bonds. The van der Waals surface area contributed by atoms with Gasteiger partial charge in [-0.3, -0.25) is 10.1 Å². The minimum absolute atomic E-state index is 0.0903. The number of benzene rings is 1. The minimum Gasteiger partial charge on any atom is -0.258 e. The normalized spacial score (nSPS) is 10.2. The third-order valence-electron chi connectivity index (χ3n) is 1.67. The van der Waals surface area contributed by atoms with E-state index in [-0.39, 0.29) is 11.6 Å². The van der Waals surface area contributed by atoms with Gasteiger partial charge in [-0.1, -0.05) is 26.0 Å². The highest BCUT2D eigenvalue weighted by Gasteiger charge is 2.14. The van der Waals surface area contributed by atoms with E-state index in [0.29, 0.717) is 0 Å². The zero-order valence-electron chi connectivity index (χ0n) is 7.07. The van der Waals surface area contributed by atoms with Gasteiger partial charge in [-0.15, -0.1) is 0 Å². The fourth-order valence-corrected chi connectivity index (χ4v) is 1.07. The van der Waals surface area contributed by atoms with Crippen LogP contribution in [0.25, 0.3) is 0 Å². The van der Waals surface area contributed by atoms with Crippen molar-refractivity contribution < 1.29 is 4.92 Å². The maximum atomic E-state index is 10.5. The van der Waals surface area contributed by atoms with Gasteiger partial charge in [-0.2, -0.15) is 0 Å². The predicted molar refractivity (Wildman–Crippen MR) is 46.0 cm³/mol. The first-order valence-electron chi connectivity index (χ1n) is 3.78. The molecule has 0 heterocycles. The average Bonchev–Trinajstić information content (AvgIpc) is 2.04. The van der Waals surface area contributed by atoms with E-state index in [4.69, 9.17) is 0 Å². The van der Waals surface area contributed by atoms with Crippen LogP contribution in [0.5, 0.6) is 0 Å². The van der Waals surface area contributed by atoms with E-state index in [2.05, 4.69) is 6.07 Å². The molecule has 0 spiro atoms. The molecule has 0 aliphatic carbocycles. The minimum atomic E-state index is -0.394. The molecular formula is C9H10NO2. The molecule has 0 saturated carbocycles. The van der Waals surface area contributed by atoms with Crippen molar-refractivity contribution in [2.24, 2.45) is 0 Å². The number of para-hydroxylation sites is 1. The Bertz CT molecular complexity index is 294. The summed E-state index contributed by atoms with van der Waals surface area (Å²) < 4.78 is 0. The fourth-order valence-electron chi connectivity index (χ4n) is 1.07. The van der Waals surface area contributed by atoms with E-state index in [1.54, 1.807) is 18.2 Å². The van der Waals surface area contributed by atoms with Crippen molar-refractivity contribution in [3.63, 3.8) is 0 Å². The van der Waals surface area contributed by atoms with Crippen LogP contribution in [0.3, 0.4) is 0 Å². The van der Waals surface area contributed by atoms with Crippen LogP contribution in [0.1, 0.15) is 25.3 Å². The van der Waals surface area contributed by atoms with Crippen molar-refractivity contribution in [3.8, 4) is 0 Å². The Balaban J connectivity index is 3.17. The van der Waals surface area contributed by atoms with Gasteiger partial charge in [0.05, 0.1) is 11.0 Å². The second-order valence-electron chi connectivity index (χ2n) is 2.89. The van der Waals surface area contributed by atoms with Crippen molar-refractivity contribution >= 4 is 5.69 Å². The third kappa shape index (κ3) is 1.61. The summed E-state index contributed by atoms with van der Waals surface area (Å²) in [5, 5.41) is 10.5. The van der Waals surface area contributed by atoms with Gasteiger partial charge >= 0.3 is 0 Å². The molecule has 0 saturated heterocycles. The largest absolute Gasteiger partial charge is 0.280 e. The van der Waals surface area contributed by atoms with Gasteiger partial charge in [0.25, 0.3) is 5.69 Å². The van der Waals surface area contributed by atoms with Gasteiger partial charge in [0, 0.05) is 5.56 Å². The summed E-state index contributed by atoms with van der Waals surface area (Å²) in [5.74, 6) is 0.169. The van der Waals surface area contributed by atoms with Crippen molar-refractivity contribution in [2.45, 2.75) is 19.8 Å². The quantitative estimate of drug-likeness (QED) is 0.498. The smallest absolute Gasteiger partial charge is 0.258 e. The lowest BCUT2D eigenvalue weighted by Gasteiger charge is -2.04. The lowest BCUT2D eigenvalue weighted by atomic mass is 10.0. The van der Waals surface area contributed by atoms with Gasteiger partial charge in [-0.25, -0.2) is 0 Å². The molecular weight excluding hydrogens is 154 g/mol. The molecule has 3 heteroatoms. The van der Waals surface area contributed by atoms with Crippen LogP contribution >= 0.6 is 0 Å². The second-order valence-corrected chi connectivity index (χ2v) is 2.89. The molecule has 0 bridgehead atoms. The molecule has 0 aromatic heterocycles. The van der Waals surface area contributed by atoms with Crippen LogP contribution in [0.4, 0.5) is 5.69 Å². The van der Waals surface area contributed by atoms with Crippen LogP contribution in [0.15, 0.2) is 18.2 Å². The number of nitro groups is 1. The first-order chi connectivity index (χ1) is 5.63. The average molecular weight is 164 g/mol. The summed E-state index contributed by atoms with van der Waals surface area (Å²) in [4.78, 5) is 10.1. The van der Waals surface area contributed by atoms with Gasteiger partial charge in [0.1, 0.15) is 0 Å². The third-order valence-corrected chi connectivity index (χ3v) is 1.67. The van der Waals surface area contributed by atoms with Crippen LogP contribution in [-0.2, 0) is 0 Å². The fraction of sp³-hybridized carbons (Fsp3) is 0.333. The van der Waals surface area contributed by atoms with E-state index < -0.39 is 4.92 Å². The Labute approximate surface area is 71.2 Å². The summed E-state index contributed by atoms with van der Waals surface area (Å²) in [5.41, 5.74) is 0.829. The topological polar surface area (TPSA) is 43.1 Å². The molecule has 12 heavy (non-hydrogen) atoms. The van der Waals surface area contributed by atoms with Crippen molar-refractivity contribution in [1.29, 1.82) is 0 Å². The lowest BCUT2D eigenvalue weighted by Crippen LogP contribution is -1.96. The monoisotopic (exact) mass is 164 g/mol. The molecule has 63 valence electrons. The molecule has 1 aromatic rings. The van der Waals surface area contributed by atoms with Crippen LogP contribution in [-0.4, -0.2) is 4.92 Å². The highest BCUT2D eigenvalue weighted by molar-refractivity contribution is 5.40. The number of hydrogen-bond donors (Lipinski definition) is 0. The number of hydrogen-bond acceptors (Lipinski definition) is 2. The van der Waals surface area contributed by atoms with Crippen molar-refractivity contribution in [2.75, 3.05) is 0 Å². The van der Waals surface area contributed by atoms with Crippen molar-refractivity contribution in [3.05, 3.63) is 39.9 Å². The highest BCUT2D eigenvalue weighted by Crippen LogP contribution is 2.24. The Morgan fingerprint density at radius 1 is 1.58 bits per heavy atom. The molecule has 0 aliphatic heterocycles. The van der Waals surface area contributed by atoms with E-state index >= 15 is 0 Å². The summed E-state index contributed by atoms with van der Waals surface area (Å²) in [6.45, 7) is 3.85. The first kappa shape index (κ1) is 8.71. The molecule has 1 aromatic carbocycles. The molecule has 0 unspecified atom stereocenters. The molecule has 0 fully saturated rings. The highest BCUT2D eigenvalue weighted by atomic mass is 16.6. The Morgan fingerprint density at radius 2 is 2.25 bits per heavy atom. The van der Waals surface area contributed by atoms with Crippen LogP contribution in [0.2, 0.25) is 0 Å². The maximum Gasteiger partial charge on any atom is 0.280 e. The van der Waals surface area contributed by atoms with Crippen molar-refractivity contribution in [1.82, 2.24) is 0 Å². The zero-order chi connectivity index (χ0) is 9.14. The summed E-state index contributed by atoms with van der Waals surface area (Å²) in [7, 11) is 0. The van der Waals surface area contributed by atoms with Gasteiger partial charge in [0.2, 0.25) is 0 Å². The molecule has 1 radical (unpaired) electrons. The van der Waals surface area contributed by atoms with E-state index in [9.17, 15) is 10.1 Å². The Morgan fingerprint density at radius 3 is 2.67 bits per heavy atom. The number of rotatable bonds is 2. The zero-order valence-corrected chi connectivity index (χ0v) is 7.07. The van der Waals surface area contributed by atoms with Gasteiger partial charge in [-0.05, 0) is 12.0 Å². The van der Waals surface area contributed by atoms with Crippen LogP contribution in [0, 0.1) is 16.2 Å². The Kier molecular flexibility index (Phi) is 2.43. The summed E-state index contributed by atoms with van der Waals surface area (Å²) in [6.07, 6.45) is 0. The SMILES string of the molecule is CC(C)c1ccc[c]c1[N+](=O)[O-]. The summed E-state index contributed by atoms with van der Waals surface area (Å²) >= 11 is 0. The molecule has 1 rings (SSSR count). The molecule has 3 nitrogen and oxygen atoms in total. The van der Waals surface area contributed by atoms with E-state index in [1.165, 1.54) is 0 Å². The first-order valence-corrected chi connectivity index (χ1v) is 3.78. The Hall–Kier alpha value is -1.38.